The molecule has 1 saturated heterocycles. The zero-order valence-electron chi connectivity index (χ0n) is 18.9. The molecule has 0 bridgehead atoms. The van der Waals surface area contributed by atoms with E-state index in [0.717, 1.165) is 0 Å². The van der Waals surface area contributed by atoms with Crippen LogP contribution in [-0.4, -0.2) is 71.8 Å². The number of anilines is 1. The molecule has 1 fully saturated rings. The Bertz CT molecular complexity index is 1240. The van der Waals surface area contributed by atoms with Crippen molar-refractivity contribution < 1.29 is 21.6 Å². The van der Waals surface area contributed by atoms with Crippen molar-refractivity contribution in [3.63, 3.8) is 0 Å². The fourth-order valence-electron chi connectivity index (χ4n) is 3.88. The van der Waals surface area contributed by atoms with Gasteiger partial charge in [-0.1, -0.05) is 26.0 Å². The number of nitrogens with zero attached hydrogens (tertiary/aromatic N) is 4. The third kappa shape index (κ3) is 4.84. The molecule has 1 heterocycles. The second-order valence-electron chi connectivity index (χ2n) is 7.42. The van der Waals surface area contributed by atoms with E-state index in [4.69, 9.17) is 4.74 Å². The fraction of sp³-hybridized carbons (Fsp3) is 0.409. The Morgan fingerprint density at radius 3 is 2.21 bits per heavy atom. The molecule has 178 valence electrons. The van der Waals surface area contributed by atoms with E-state index in [1.807, 2.05) is 11.0 Å². The van der Waals surface area contributed by atoms with E-state index in [1.165, 1.54) is 33.9 Å². The molecule has 11 heteroatoms. The average Bonchev–Trinajstić information content (AvgIpc) is 2.84. The van der Waals surface area contributed by atoms with E-state index in [-0.39, 0.29) is 28.4 Å². The van der Waals surface area contributed by atoms with Crippen LogP contribution in [0.5, 0.6) is 5.75 Å². The van der Waals surface area contributed by atoms with E-state index < -0.39 is 20.0 Å². The van der Waals surface area contributed by atoms with Gasteiger partial charge in [0.05, 0.1) is 28.2 Å². The summed E-state index contributed by atoms with van der Waals surface area (Å²) >= 11 is 0. The van der Waals surface area contributed by atoms with Gasteiger partial charge in [-0.2, -0.15) is 13.9 Å². The van der Waals surface area contributed by atoms with Crippen LogP contribution in [0.1, 0.15) is 19.4 Å². The molecule has 2 aromatic carbocycles. The minimum Gasteiger partial charge on any atom is -0.495 e. The van der Waals surface area contributed by atoms with Crippen LogP contribution >= 0.6 is 0 Å². The Morgan fingerprint density at radius 1 is 1.00 bits per heavy atom. The van der Waals surface area contributed by atoms with Crippen molar-refractivity contribution in [2.75, 3.05) is 51.3 Å². The summed E-state index contributed by atoms with van der Waals surface area (Å²) in [5.74, 6) is 0.514. The normalized spacial score (nSPS) is 15.4. The highest BCUT2D eigenvalue weighted by atomic mass is 32.2. The molecular formula is C22H28N4O5S2. The van der Waals surface area contributed by atoms with Gasteiger partial charge in [0.1, 0.15) is 11.8 Å². The molecule has 0 saturated carbocycles. The highest BCUT2D eigenvalue weighted by Crippen LogP contribution is 2.33. The largest absolute Gasteiger partial charge is 0.495 e. The van der Waals surface area contributed by atoms with Gasteiger partial charge in [-0.15, -0.1) is 0 Å². The number of methoxy groups -OCH3 is 1. The fourth-order valence-corrected chi connectivity index (χ4v) is 6.93. The number of piperazine rings is 1. The highest BCUT2D eigenvalue weighted by Gasteiger charge is 2.32. The van der Waals surface area contributed by atoms with Gasteiger partial charge < -0.3 is 9.64 Å². The van der Waals surface area contributed by atoms with Crippen LogP contribution in [-0.2, 0) is 20.0 Å². The first-order valence-corrected chi connectivity index (χ1v) is 13.5. The van der Waals surface area contributed by atoms with E-state index in [2.05, 4.69) is 0 Å². The molecular weight excluding hydrogens is 464 g/mol. The predicted molar refractivity (Wildman–Crippen MR) is 125 cm³/mol. The molecule has 0 spiro atoms. The van der Waals surface area contributed by atoms with E-state index >= 15 is 0 Å². The summed E-state index contributed by atoms with van der Waals surface area (Å²) in [5, 5.41) is 9.29. The van der Waals surface area contributed by atoms with Crippen LogP contribution in [0.15, 0.2) is 52.3 Å². The molecule has 3 rings (SSSR count). The van der Waals surface area contributed by atoms with Crippen molar-refractivity contribution in [2.45, 2.75) is 23.6 Å². The van der Waals surface area contributed by atoms with Crippen molar-refractivity contribution >= 4 is 25.7 Å². The van der Waals surface area contributed by atoms with Gasteiger partial charge in [-0.25, -0.2) is 16.8 Å². The molecule has 33 heavy (non-hydrogen) atoms. The summed E-state index contributed by atoms with van der Waals surface area (Å²) in [7, 11) is -5.97. The number of nitriles is 1. The molecule has 0 aliphatic carbocycles. The first-order chi connectivity index (χ1) is 15.7. The summed E-state index contributed by atoms with van der Waals surface area (Å²) < 4.78 is 60.4. The summed E-state index contributed by atoms with van der Waals surface area (Å²) in [6.45, 7) is 5.38. The van der Waals surface area contributed by atoms with Crippen LogP contribution in [0, 0.1) is 11.3 Å². The van der Waals surface area contributed by atoms with E-state index in [1.54, 1.807) is 38.1 Å². The van der Waals surface area contributed by atoms with Crippen molar-refractivity contribution in [3.8, 4) is 11.8 Å². The second kappa shape index (κ2) is 10.1. The Morgan fingerprint density at radius 2 is 1.64 bits per heavy atom. The maximum absolute atomic E-state index is 13.1. The average molecular weight is 493 g/mol. The van der Waals surface area contributed by atoms with Crippen LogP contribution in [0.2, 0.25) is 0 Å². The Hall–Kier alpha value is -2.65. The summed E-state index contributed by atoms with van der Waals surface area (Å²) in [4.78, 5) is 2.08. The Labute approximate surface area is 195 Å². The third-order valence-corrected chi connectivity index (χ3v) is 9.70. The van der Waals surface area contributed by atoms with E-state index in [9.17, 15) is 22.1 Å². The highest BCUT2D eigenvalue weighted by molar-refractivity contribution is 7.89. The zero-order valence-corrected chi connectivity index (χ0v) is 20.6. The van der Waals surface area contributed by atoms with Crippen LogP contribution < -0.4 is 9.64 Å². The van der Waals surface area contributed by atoms with Crippen LogP contribution in [0.4, 0.5) is 5.69 Å². The molecule has 1 aliphatic heterocycles. The van der Waals surface area contributed by atoms with E-state index in [0.29, 0.717) is 37.6 Å². The van der Waals surface area contributed by atoms with Gasteiger partial charge in [0, 0.05) is 39.3 Å². The van der Waals surface area contributed by atoms with Crippen LogP contribution in [0.25, 0.3) is 0 Å². The first kappa shape index (κ1) is 25.0. The molecule has 2 aromatic rings. The smallest absolute Gasteiger partial charge is 0.244 e. The van der Waals surface area contributed by atoms with Gasteiger partial charge in [0.2, 0.25) is 20.0 Å². The first-order valence-electron chi connectivity index (χ1n) is 10.6. The molecule has 0 aromatic heterocycles. The molecule has 1 aliphatic rings. The van der Waals surface area contributed by atoms with Gasteiger partial charge in [0.25, 0.3) is 0 Å². The molecule has 9 nitrogen and oxygen atoms in total. The number of hydrogen-bond acceptors (Lipinski definition) is 7. The molecule has 0 atom stereocenters. The molecule has 0 radical (unpaired) electrons. The summed E-state index contributed by atoms with van der Waals surface area (Å²) in [6.07, 6.45) is 0. The standard InChI is InChI=1S/C22H28N4O5S2/c1-4-25(5-2)32(27,28)19-10-11-21(31-3)20(16-19)24-12-14-26(15-13-24)33(29,30)22-9-7-6-8-18(22)17-23/h6-11,16H,4-5,12-15H2,1-3H3. The van der Waals surface area contributed by atoms with Crippen molar-refractivity contribution in [3.05, 3.63) is 48.0 Å². The van der Waals surface area contributed by atoms with Gasteiger partial charge >= 0.3 is 0 Å². The third-order valence-electron chi connectivity index (χ3n) is 5.70. The number of sulfonamides is 2. The zero-order chi connectivity index (χ0) is 24.2. The number of hydrogen-bond donors (Lipinski definition) is 0. The summed E-state index contributed by atoms with van der Waals surface area (Å²) in [6, 6.07) is 12.8. The maximum atomic E-state index is 13.1. The lowest BCUT2D eigenvalue weighted by Gasteiger charge is -2.36. The molecule has 0 amide bonds. The topological polar surface area (TPSA) is 111 Å². The van der Waals surface area contributed by atoms with Crippen molar-refractivity contribution in [1.29, 1.82) is 5.26 Å². The lowest BCUT2D eigenvalue weighted by atomic mass is 10.2. The minimum absolute atomic E-state index is 0.00848. The minimum atomic E-state index is -3.83. The quantitative estimate of drug-likeness (QED) is 0.555. The second-order valence-corrected chi connectivity index (χ2v) is 11.3. The van der Waals surface area contributed by atoms with Gasteiger partial charge in [0.15, 0.2) is 0 Å². The number of ether oxygens (including phenoxy) is 1. The lowest BCUT2D eigenvalue weighted by molar-refractivity contribution is 0.378. The molecule has 0 unspecified atom stereocenters. The van der Waals surface area contributed by atoms with Gasteiger partial charge in [-0.05, 0) is 30.3 Å². The van der Waals surface area contributed by atoms with Crippen molar-refractivity contribution in [2.24, 2.45) is 0 Å². The summed E-state index contributed by atoms with van der Waals surface area (Å²) in [5.41, 5.74) is 0.705. The monoisotopic (exact) mass is 492 g/mol. The Kier molecular flexibility index (Phi) is 7.64. The maximum Gasteiger partial charge on any atom is 0.244 e. The number of benzene rings is 2. The van der Waals surface area contributed by atoms with Crippen molar-refractivity contribution in [1.82, 2.24) is 8.61 Å². The Balaban J connectivity index is 1.87. The SMILES string of the molecule is CCN(CC)S(=O)(=O)c1ccc(OC)c(N2CCN(S(=O)(=O)c3ccccc3C#N)CC2)c1. The van der Waals surface area contributed by atoms with Crippen LogP contribution in [0.3, 0.4) is 0 Å². The van der Waals surface area contributed by atoms with Gasteiger partial charge in [-0.3, -0.25) is 0 Å². The number of rotatable bonds is 8. The predicted octanol–water partition coefficient (Wildman–Crippen LogP) is 2.11. The molecule has 0 N–H and O–H groups in total. The lowest BCUT2D eigenvalue weighted by Crippen LogP contribution is -2.49.